The Kier molecular flexibility index (Phi) is 6.26. The van der Waals surface area contributed by atoms with Crippen LogP contribution in [-0.4, -0.2) is 39.3 Å². The van der Waals surface area contributed by atoms with E-state index in [1.807, 2.05) is 16.6 Å². The highest BCUT2D eigenvalue weighted by Gasteiger charge is 2.14. The number of hydrogen-bond acceptors (Lipinski definition) is 3. The molecule has 0 amide bonds. The van der Waals surface area contributed by atoms with E-state index in [0.717, 1.165) is 16.8 Å². The smallest absolute Gasteiger partial charge is 0.304 e. The molecule has 146 valence electrons. The Morgan fingerprint density at radius 1 is 1.04 bits per heavy atom. The first-order valence-electron chi connectivity index (χ1n) is 9.50. The predicted molar refractivity (Wildman–Crippen MR) is 111 cm³/mol. The second kappa shape index (κ2) is 8.85. The van der Waals surface area contributed by atoms with E-state index in [2.05, 4.69) is 68.6 Å². The topological polar surface area (TPSA) is 58.4 Å². The third kappa shape index (κ3) is 5.30. The van der Waals surface area contributed by atoms with E-state index in [1.165, 1.54) is 16.7 Å². The molecule has 2 aromatic carbocycles. The van der Waals surface area contributed by atoms with Gasteiger partial charge in [-0.3, -0.25) is 9.48 Å². The highest BCUT2D eigenvalue weighted by atomic mass is 16.4. The molecule has 0 unspecified atom stereocenters. The van der Waals surface area contributed by atoms with Crippen molar-refractivity contribution in [2.24, 2.45) is 0 Å². The van der Waals surface area contributed by atoms with Gasteiger partial charge in [0.25, 0.3) is 0 Å². The van der Waals surface area contributed by atoms with E-state index in [0.29, 0.717) is 19.6 Å². The minimum absolute atomic E-state index is 0.133. The van der Waals surface area contributed by atoms with Gasteiger partial charge < -0.3 is 10.0 Å². The molecule has 0 spiro atoms. The molecule has 0 atom stereocenters. The summed E-state index contributed by atoms with van der Waals surface area (Å²) >= 11 is 0. The summed E-state index contributed by atoms with van der Waals surface area (Å²) in [6, 6.07) is 16.8. The molecule has 0 fully saturated rings. The van der Waals surface area contributed by atoms with Crippen LogP contribution in [0.15, 0.2) is 54.7 Å². The summed E-state index contributed by atoms with van der Waals surface area (Å²) in [5.41, 5.74) is 6.79. The number of benzene rings is 2. The lowest BCUT2D eigenvalue weighted by molar-refractivity contribution is -0.137. The lowest BCUT2D eigenvalue weighted by Gasteiger charge is -2.15. The largest absolute Gasteiger partial charge is 0.481 e. The van der Waals surface area contributed by atoms with Gasteiger partial charge in [-0.25, -0.2) is 0 Å². The first-order chi connectivity index (χ1) is 13.4. The molecule has 28 heavy (non-hydrogen) atoms. The predicted octanol–water partition coefficient (Wildman–Crippen LogP) is 4.12. The van der Waals surface area contributed by atoms with Gasteiger partial charge in [0.2, 0.25) is 0 Å². The van der Waals surface area contributed by atoms with Crippen LogP contribution < -0.4 is 0 Å². The molecule has 1 heterocycles. The molecule has 0 aliphatic heterocycles. The van der Waals surface area contributed by atoms with E-state index in [1.54, 1.807) is 0 Å². The van der Waals surface area contributed by atoms with Crippen LogP contribution in [0.5, 0.6) is 0 Å². The lowest BCUT2D eigenvalue weighted by atomic mass is 10.1. The fourth-order valence-corrected chi connectivity index (χ4v) is 3.15. The van der Waals surface area contributed by atoms with E-state index >= 15 is 0 Å². The van der Waals surface area contributed by atoms with Crippen LogP contribution in [0.1, 0.15) is 28.7 Å². The third-order valence-electron chi connectivity index (χ3n) is 4.78. The number of rotatable bonds is 8. The van der Waals surface area contributed by atoms with Gasteiger partial charge in [0, 0.05) is 30.4 Å². The summed E-state index contributed by atoms with van der Waals surface area (Å²) in [6.07, 6.45) is 2.21. The molecule has 5 heteroatoms. The summed E-state index contributed by atoms with van der Waals surface area (Å²) in [4.78, 5) is 12.9. The molecule has 0 saturated heterocycles. The maximum Gasteiger partial charge on any atom is 0.304 e. The van der Waals surface area contributed by atoms with Crippen LogP contribution in [0.4, 0.5) is 0 Å². The lowest BCUT2D eigenvalue weighted by Crippen LogP contribution is -2.21. The zero-order chi connectivity index (χ0) is 20.1. The van der Waals surface area contributed by atoms with Crippen LogP contribution in [0.2, 0.25) is 0 Å². The number of aliphatic carboxylic acids is 1. The summed E-state index contributed by atoms with van der Waals surface area (Å²) in [5, 5.41) is 13.8. The quantitative estimate of drug-likeness (QED) is 0.641. The van der Waals surface area contributed by atoms with Gasteiger partial charge in [-0.15, -0.1) is 0 Å². The summed E-state index contributed by atoms with van der Waals surface area (Å²) in [5.74, 6) is -0.777. The molecular formula is C23H27N3O2. The first kappa shape index (κ1) is 19.8. The SMILES string of the molecule is Cc1ccc(Cn2cc(CN(C)CCC(=O)O)c(-c3ccc(C)cc3)n2)cc1. The number of aromatic nitrogens is 2. The average molecular weight is 377 g/mol. The molecule has 1 aromatic heterocycles. The molecule has 3 rings (SSSR count). The number of hydrogen-bond donors (Lipinski definition) is 1. The van der Waals surface area contributed by atoms with Gasteiger partial charge in [0.15, 0.2) is 0 Å². The molecule has 3 aromatic rings. The molecule has 0 radical (unpaired) electrons. The highest BCUT2D eigenvalue weighted by Crippen LogP contribution is 2.24. The zero-order valence-electron chi connectivity index (χ0n) is 16.7. The average Bonchev–Trinajstić information content (AvgIpc) is 3.04. The first-order valence-corrected chi connectivity index (χ1v) is 9.50. The van der Waals surface area contributed by atoms with Crippen molar-refractivity contribution in [3.8, 4) is 11.3 Å². The Hall–Kier alpha value is -2.92. The Bertz CT molecular complexity index is 927. The van der Waals surface area contributed by atoms with Crippen molar-refractivity contribution in [3.63, 3.8) is 0 Å². The summed E-state index contributed by atoms with van der Waals surface area (Å²) in [7, 11) is 1.94. The van der Waals surface area contributed by atoms with Crippen molar-refractivity contribution in [2.75, 3.05) is 13.6 Å². The Balaban J connectivity index is 1.86. The second-order valence-corrected chi connectivity index (χ2v) is 7.43. The number of nitrogens with zero attached hydrogens (tertiary/aromatic N) is 3. The molecule has 0 bridgehead atoms. The molecule has 5 nitrogen and oxygen atoms in total. The van der Waals surface area contributed by atoms with Crippen molar-refractivity contribution < 1.29 is 9.90 Å². The molecule has 0 aliphatic rings. The van der Waals surface area contributed by atoms with Crippen molar-refractivity contribution in [1.82, 2.24) is 14.7 Å². The fraction of sp³-hybridized carbons (Fsp3) is 0.304. The van der Waals surface area contributed by atoms with Crippen LogP contribution in [0, 0.1) is 13.8 Å². The molecule has 0 saturated carbocycles. The van der Waals surface area contributed by atoms with Gasteiger partial charge in [-0.2, -0.15) is 5.10 Å². The Labute approximate surface area is 166 Å². The van der Waals surface area contributed by atoms with Crippen LogP contribution in [0.3, 0.4) is 0 Å². The van der Waals surface area contributed by atoms with Gasteiger partial charge >= 0.3 is 5.97 Å². The number of carboxylic acids is 1. The minimum atomic E-state index is -0.777. The van der Waals surface area contributed by atoms with Gasteiger partial charge in [-0.05, 0) is 26.5 Å². The van der Waals surface area contributed by atoms with Crippen molar-refractivity contribution in [1.29, 1.82) is 0 Å². The van der Waals surface area contributed by atoms with Crippen molar-refractivity contribution in [2.45, 2.75) is 33.4 Å². The maximum atomic E-state index is 10.9. The minimum Gasteiger partial charge on any atom is -0.481 e. The zero-order valence-corrected chi connectivity index (χ0v) is 16.7. The standard InChI is InChI=1S/C23H27N3O2/c1-17-4-8-19(9-5-17)14-26-16-21(15-25(3)13-12-22(27)28)23(24-26)20-10-6-18(2)7-11-20/h4-11,16H,12-15H2,1-3H3,(H,27,28). The maximum absolute atomic E-state index is 10.9. The molecule has 1 N–H and O–H groups in total. The van der Waals surface area contributed by atoms with Gasteiger partial charge in [0.1, 0.15) is 0 Å². The number of carbonyl (C=O) groups is 1. The van der Waals surface area contributed by atoms with E-state index in [9.17, 15) is 4.79 Å². The Morgan fingerprint density at radius 2 is 1.64 bits per heavy atom. The van der Waals surface area contributed by atoms with Crippen LogP contribution in [-0.2, 0) is 17.9 Å². The Morgan fingerprint density at radius 3 is 2.25 bits per heavy atom. The normalized spacial score (nSPS) is 11.1. The van der Waals surface area contributed by atoms with E-state index in [-0.39, 0.29) is 6.42 Å². The second-order valence-electron chi connectivity index (χ2n) is 7.43. The summed E-state index contributed by atoms with van der Waals surface area (Å²) < 4.78 is 1.97. The molecule has 0 aliphatic carbocycles. The van der Waals surface area contributed by atoms with Gasteiger partial charge in [0.05, 0.1) is 18.7 Å². The van der Waals surface area contributed by atoms with Crippen molar-refractivity contribution in [3.05, 3.63) is 77.0 Å². The third-order valence-corrected chi connectivity index (χ3v) is 4.78. The van der Waals surface area contributed by atoms with E-state index in [4.69, 9.17) is 10.2 Å². The fourth-order valence-electron chi connectivity index (χ4n) is 3.15. The van der Waals surface area contributed by atoms with E-state index < -0.39 is 5.97 Å². The van der Waals surface area contributed by atoms with Crippen LogP contribution >= 0.6 is 0 Å². The number of carboxylic acid groups (broad SMARTS) is 1. The molecular weight excluding hydrogens is 350 g/mol. The van der Waals surface area contributed by atoms with Crippen LogP contribution in [0.25, 0.3) is 11.3 Å². The summed E-state index contributed by atoms with van der Waals surface area (Å²) in [6.45, 7) is 6.02. The number of aryl methyl sites for hydroxylation is 2. The monoisotopic (exact) mass is 377 g/mol. The van der Waals surface area contributed by atoms with Gasteiger partial charge in [-0.1, -0.05) is 59.7 Å². The van der Waals surface area contributed by atoms with Crippen molar-refractivity contribution >= 4 is 5.97 Å². The highest BCUT2D eigenvalue weighted by molar-refractivity contribution is 5.67.